The highest BCUT2D eigenvalue weighted by atomic mass is 16.5. The molecule has 0 atom stereocenters. The van der Waals surface area contributed by atoms with Gasteiger partial charge in [0.1, 0.15) is 0 Å². The minimum absolute atomic E-state index is 0.708. The molecular weight excluding hydrogens is 162 g/mol. The van der Waals surface area contributed by atoms with Crippen LogP contribution >= 0.6 is 0 Å². The first-order valence-corrected chi connectivity index (χ1v) is 4.43. The molecule has 0 spiro atoms. The fraction of sp³-hybridized carbons (Fsp3) is 0.364. The van der Waals surface area contributed by atoms with Gasteiger partial charge >= 0.3 is 0 Å². The largest absolute Gasteiger partial charge is 0.381 e. The summed E-state index contributed by atoms with van der Waals surface area (Å²) < 4.78 is 5.23. The maximum absolute atomic E-state index is 8.57. The predicted octanol–water partition coefficient (Wildman–Crippen LogP) is 2.14. The van der Waals surface area contributed by atoms with E-state index in [1.54, 1.807) is 0 Å². The first-order chi connectivity index (χ1) is 6.36. The summed E-state index contributed by atoms with van der Waals surface area (Å²) in [7, 11) is 0. The molecule has 13 heavy (non-hydrogen) atoms. The Balaban J connectivity index is 2.46. The summed E-state index contributed by atoms with van der Waals surface area (Å²) in [5.74, 6) is 0. The predicted molar refractivity (Wildman–Crippen MR) is 51.4 cm³/mol. The molecule has 1 aromatic rings. The number of nitriles is 1. The Hall–Kier alpha value is -1.33. The molecule has 1 rings (SSSR count). The second-order valence-electron chi connectivity index (χ2n) is 2.76. The molecule has 0 bridgehead atoms. The molecule has 0 aliphatic carbocycles. The lowest BCUT2D eigenvalue weighted by atomic mass is 10.1. The monoisotopic (exact) mass is 175 g/mol. The molecule has 1 aromatic carbocycles. The Morgan fingerprint density at radius 2 is 2.00 bits per heavy atom. The standard InChI is InChI=1S/C11H13NO/c1-2-13-8-7-10-3-5-11(9-12)6-4-10/h3-6H,2,7-8H2,1H3. The van der Waals surface area contributed by atoms with Crippen LogP contribution in [0.2, 0.25) is 0 Å². The fourth-order valence-corrected chi connectivity index (χ4v) is 1.08. The van der Waals surface area contributed by atoms with E-state index in [9.17, 15) is 0 Å². The topological polar surface area (TPSA) is 33.0 Å². The van der Waals surface area contributed by atoms with E-state index in [1.165, 1.54) is 5.56 Å². The molecule has 0 saturated heterocycles. The average molecular weight is 175 g/mol. The molecule has 0 aliphatic heterocycles. The molecule has 0 radical (unpaired) electrons. The summed E-state index contributed by atoms with van der Waals surface area (Å²) in [6, 6.07) is 9.70. The fourth-order valence-electron chi connectivity index (χ4n) is 1.08. The molecule has 0 unspecified atom stereocenters. The lowest BCUT2D eigenvalue weighted by Gasteiger charge is -2.01. The van der Waals surface area contributed by atoms with Crippen LogP contribution in [0, 0.1) is 11.3 Å². The molecule has 0 fully saturated rings. The minimum Gasteiger partial charge on any atom is -0.381 e. The second kappa shape index (κ2) is 5.34. The summed E-state index contributed by atoms with van der Waals surface area (Å²) in [6.45, 7) is 3.50. The summed E-state index contributed by atoms with van der Waals surface area (Å²) >= 11 is 0. The number of hydrogen-bond donors (Lipinski definition) is 0. The van der Waals surface area contributed by atoms with E-state index >= 15 is 0 Å². The van der Waals surface area contributed by atoms with E-state index in [4.69, 9.17) is 10.00 Å². The van der Waals surface area contributed by atoms with Gasteiger partial charge in [0.2, 0.25) is 0 Å². The molecule has 0 aliphatic rings. The van der Waals surface area contributed by atoms with Gasteiger partial charge in [-0.3, -0.25) is 0 Å². The molecule has 0 amide bonds. The van der Waals surface area contributed by atoms with Crippen LogP contribution in [0.4, 0.5) is 0 Å². The highest BCUT2D eigenvalue weighted by Gasteiger charge is 1.93. The van der Waals surface area contributed by atoms with Crippen molar-refractivity contribution in [2.24, 2.45) is 0 Å². The third kappa shape index (κ3) is 3.27. The summed E-state index contributed by atoms with van der Waals surface area (Å²) in [5.41, 5.74) is 1.92. The van der Waals surface area contributed by atoms with Crippen molar-refractivity contribution in [2.45, 2.75) is 13.3 Å². The van der Waals surface area contributed by atoms with Crippen LogP contribution in [0.15, 0.2) is 24.3 Å². The Morgan fingerprint density at radius 1 is 1.31 bits per heavy atom. The first kappa shape index (κ1) is 9.76. The highest BCUT2D eigenvalue weighted by Crippen LogP contribution is 2.03. The summed E-state index contributed by atoms with van der Waals surface area (Å²) in [6.07, 6.45) is 0.916. The van der Waals surface area contributed by atoms with Crippen LogP contribution in [0.1, 0.15) is 18.1 Å². The van der Waals surface area contributed by atoms with Crippen molar-refractivity contribution in [3.63, 3.8) is 0 Å². The van der Waals surface area contributed by atoms with E-state index in [2.05, 4.69) is 6.07 Å². The van der Waals surface area contributed by atoms with E-state index in [1.807, 2.05) is 31.2 Å². The Morgan fingerprint density at radius 3 is 2.54 bits per heavy atom. The Labute approximate surface area is 78.8 Å². The van der Waals surface area contributed by atoms with E-state index in [0.717, 1.165) is 19.6 Å². The van der Waals surface area contributed by atoms with Gasteiger partial charge in [0.25, 0.3) is 0 Å². The average Bonchev–Trinajstić information content (AvgIpc) is 2.19. The van der Waals surface area contributed by atoms with Gasteiger partial charge in [0.15, 0.2) is 0 Å². The maximum Gasteiger partial charge on any atom is 0.0991 e. The zero-order valence-electron chi connectivity index (χ0n) is 7.79. The lowest BCUT2D eigenvalue weighted by molar-refractivity contribution is 0.151. The number of rotatable bonds is 4. The minimum atomic E-state index is 0.708. The maximum atomic E-state index is 8.57. The van der Waals surface area contributed by atoms with Crippen LogP contribution in [0.3, 0.4) is 0 Å². The van der Waals surface area contributed by atoms with Crippen molar-refractivity contribution in [3.8, 4) is 6.07 Å². The van der Waals surface area contributed by atoms with Crippen molar-refractivity contribution in [1.82, 2.24) is 0 Å². The van der Waals surface area contributed by atoms with E-state index in [-0.39, 0.29) is 0 Å². The molecule has 0 saturated carbocycles. The van der Waals surface area contributed by atoms with Crippen LogP contribution in [-0.2, 0) is 11.2 Å². The zero-order valence-corrected chi connectivity index (χ0v) is 7.79. The number of ether oxygens (including phenoxy) is 1. The highest BCUT2D eigenvalue weighted by molar-refractivity contribution is 5.31. The SMILES string of the molecule is CCOCCc1ccc(C#N)cc1. The first-order valence-electron chi connectivity index (χ1n) is 4.43. The molecule has 0 aromatic heterocycles. The molecule has 0 heterocycles. The number of benzene rings is 1. The molecular formula is C11H13NO. The summed E-state index contributed by atoms with van der Waals surface area (Å²) in [4.78, 5) is 0. The summed E-state index contributed by atoms with van der Waals surface area (Å²) in [5, 5.41) is 8.57. The molecule has 2 heteroatoms. The van der Waals surface area contributed by atoms with Crippen molar-refractivity contribution in [3.05, 3.63) is 35.4 Å². The van der Waals surface area contributed by atoms with Crippen molar-refractivity contribution in [1.29, 1.82) is 5.26 Å². The van der Waals surface area contributed by atoms with Gasteiger partial charge in [-0.1, -0.05) is 12.1 Å². The third-order valence-corrected chi connectivity index (χ3v) is 1.82. The van der Waals surface area contributed by atoms with Gasteiger partial charge in [0.05, 0.1) is 18.2 Å². The Bertz CT molecular complexity index is 284. The van der Waals surface area contributed by atoms with Crippen LogP contribution in [-0.4, -0.2) is 13.2 Å². The van der Waals surface area contributed by atoms with Gasteiger partial charge in [-0.2, -0.15) is 5.26 Å². The van der Waals surface area contributed by atoms with Crippen molar-refractivity contribution < 1.29 is 4.74 Å². The van der Waals surface area contributed by atoms with Gasteiger partial charge in [0, 0.05) is 6.61 Å². The Kier molecular flexibility index (Phi) is 4.01. The van der Waals surface area contributed by atoms with Crippen molar-refractivity contribution >= 4 is 0 Å². The smallest absolute Gasteiger partial charge is 0.0991 e. The third-order valence-electron chi connectivity index (χ3n) is 1.82. The molecule has 2 nitrogen and oxygen atoms in total. The molecule has 68 valence electrons. The van der Waals surface area contributed by atoms with E-state index in [0.29, 0.717) is 5.56 Å². The van der Waals surface area contributed by atoms with Crippen LogP contribution < -0.4 is 0 Å². The van der Waals surface area contributed by atoms with Gasteiger partial charge < -0.3 is 4.74 Å². The lowest BCUT2D eigenvalue weighted by Crippen LogP contribution is -1.97. The normalized spacial score (nSPS) is 9.54. The van der Waals surface area contributed by atoms with Crippen LogP contribution in [0.25, 0.3) is 0 Å². The molecule has 0 N–H and O–H groups in total. The van der Waals surface area contributed by atoms with Gasteiger partial charge in [-0.05, 0) is 31.0 Å². The number of hydrogen-bond acceptors (Lipinski definition) is 2. The number of nitrogens with zero attached hydrogens (tertiary/aromatic N) is 1. The van der Waals surface area contributed by atoms with Crippen molar-refractivity contribution in [2.75, 3.05) is 13.2 Å². The second-order valence-corrected chi connectivity index (χ2v) is 2.76. The quantitative estimate of drug-likeness (QED) is 0.657. The van der Waals surface area contributed by atoms with Gasteiger partial charge in [-0.25, -0.2) is 0 Å². The zero-order chi connectivity index (χ0) is 9.52. The van der Waals surface area contributed by atoms with Gasteiger partial charge in [-0.15, -0.1) is 0 Å². The van der Waals surface area contributed by atoms with E-state index < -0.39 is 0 Å². The van der Waals surface area contributed by atoms with Crippen LogP contribution in [0.5, 0.6) is 0 Å².